The fraction of sp³-hybridized carbons (Fsp3) is 0.318. The maximum Gasteiger partial charge on any atom is 0.338 e. The number of ether oxygens (including phenoxy) is 2. The summed E-state index contributed by atoms with van der Waals surface area (Å²) in [4.78, 5) is 38.1. The summed E-state index contributed by atoms with van der Waals surface area (Å²) in [5, 5.41) is 5.35. The normalized spacial score (nSPS) is 14.5. The van der Waals surface area contributed by atoms with Crippen LogP contribution in [0.15, 0.2) is 48.5 Å². The van der Waals surface area contributed by atoms with Gasteiger partial charge in [-0.1, -0.05) is 6.07 Å². The first-order chi connectivity index (χ1) is 14.4. The minimum Gasteiger partial charge on any atom is -0.449 e. The third kappa shape index (κ3) is 5.81. The quantitative estimate of drug-likeness (QED) is 0.710. The van der Waals surface area contributed by atoms with Crippen LogP contribution in [-0.4, -0.2) is 50.2 Å². The Morgan fingerprint density at radius 2 is 1.70 bits per heavy atom. The van der Waals surface area contributed by atoms with Crippen molar-refractivity contribution in [2.75, 3.05) is 41.8 Å². The molecule has 0 radical (unpaired) electrons. The van der Waals surface area contributed by atoms with E-state index in [1.807, 2.05) is 24.3 Å². The molecule has 1 saturated heterocycles. The SMILES string of the molecule is CC(=O)Nc1cccc(C(=O)O[C@H](C)C(=O)Nc2ccc(N3CCOCC3)cc2)c1. The Morgan fingerprint density at radius 3 is 2.37 bits per heavy atom. The molecule has 1 atom stereocenters. The van der Waals surface area contributed by atoms with Gasteiger partial charge in [0, 0.05) is 37.1 Å². The van der Waals surface area contributed by atoms with Crippen LogP contribution < -0.4 is 15.5 Å². The summed E-state index contributed by atoms with van der Waals surface area (Å²) < 4.78 is 10.6. The molecule has 2 amide bonds. The van der Waals surface area contributed by atoms with Gasteiger partial charge in [0.15, 0.2) is 6.10 Å². The molecule has 2 aromatic carbocycles. The Labute approximate surface area is 175 Å². The number of anilines is 3. The number of rotatable bonds is 6. The zero-order valence-corrected chi connectivity index (χ0v) is 17.0. The van der Waals surface area contributed by atoms with E-state index in [0.29, 0.717) is 24.6 Å². The molecule has 158 valence electrons. The van der Waals surface area contributed by atoms with Crippen molar-refractivity contribution in [1.29, 1.82) is 0 Å². The van der Waals surface area contributed by atoms with Crippen molar-refractivity contribution in [1.82, 2.24) is 0 Å². The van der Waals surface area contributed by atoms with Crippen molar-refractivity contribution in [3.8, 4) is 0 Å². The fourth-order valence-corrected chi connectivity index (χ4v) is 3.03. The van der Waals surface area contributed by atoms with Gasteiger partial charge in [-0.15, -0.1) is 0 Å². The molecule has 8 nitrogen and oxygen atoms in total. The van der Waals surface area contributed by atoms with Gasteiger partial charge in [0.2, 0.25) is 5.91 Å². The number of benzene rings is 2. The molecule has 0 spiro atoms. The Kier molecular flexibility index (Phi) is 7.03. The number of carbonyl (C=O) groups is 3. The van der Waals surface area contributed by atoms with Crippen LogP contribution in [0.25, 0.3) is 0 Å². The van der Waals surface area contributed by atoms with Crippen molar-refractivity contribution >= 4 is 34.8 Å². The maximum atomic E-state index is 12.4. The fourth-order valence-electron chi connectivity index (χ4n) is 3.03. The van der Waals surface area contributed by atoms with Crippen LogP contribution in [0.1, 0.15) is 24.2 Å². The molecule has 0 unspecified atom stereocenters. The smallest absolute Gasteiger partial charge is 0.338 e. The first-order valence-corrected chi connectivity index (χ1v) is 9.74. The molecular formula is C22H25N3O5. The number of esters is 1. The number of nitrogens with zero attached hydrogens (tertiary/aromatic N) is 1. The predicted octanol–water partition coefficient (Wildman–Crippen LogP) is 2.67. The molecule has 0 aromatic heterocycles. The monoisotopic (exact) mass is 411 g/mol. The average Bonchev–Trinajstić information content (AvgIpc) is 2.74. The zero-order valence-electron chi connectivity index (χ0n) is 17.0. The minimum atomic E-state index is -0.985. The van der Waals surface area contributed by atoms with Gasteiger partial charge in [0.05, 0.1) is 18.8 Å². The highest BCUT2D eigenvalue weighted by atomic mass is 16.5. The van der Waals surface area contributed by atoms with Gasteiger partial charge in [-0.2, -0.15) is 0 Å². The summed E-state index contributed by atoms with van der Waals surface area (Å²) >= 11 is 0. The van der Waals surface area contributed by atoms with Crippen molar-refractivity contribution in [3.63, 3.8) is 0 Å². The number of amides is 2. The van der Waals surface area contributed by atoms with Crippen molar-refractivity contribution < 1.29 is 23.9 Å². The van der Waals surface area contributed by atoms with Crippen LogP contribution in [0, 0.1) is 0 Å². The molecule has 1 aliphatic heterocycles. The van der Waals surface area contributed by atoms with Gasteiger partial charge in [0.1, 0.15) is 0 Å². The van der Waals surface area contributed by atoms with E-state index in [1.165, 1.54) is 19.9 Å². The molecule has 8 heteroatoms. The second-order valence-electron chi connectivity index (χ2n) is 6.95. The highest BCUT2D eigenvalue weighted by Gasteiger charge is 2.20. The molecule has 3 rings (SSSR count). The first-order valence-electron chi connectivity index (χ1n) is 9.74. The molecule has 2 aromatic rings. The van der Waals surface area contributed by atoms with Crippen molar-refractivity contribution in [2.24, 2.45) is 0 Å². The van der Waals surface area contributed by atoms with E-state index < -0.39 is 18.0 Å². The van der Waals surface area contributed by atoms with E-state index >= 15 is 0 Å². The number of nitrogens with one attached hydrogen (secondary N) is 2. The van der Waals surface area contributed by atoms with E-state index in [0.717, 1.165) is 18.8 Å². The van der Waals surface area contributed by atoms with Crippen molar-refractivity contribution in [3.05, 3.63) is 54.1 Å². The summed E-state index contributed by atoms with van der Waals surface area (Å²) in [7, 11) is 0. The average molecular weight is 411 g/mol. The summed E-state index contributed by atoms with van der Waals surface area (Å²) in [5.41, 5.74) is 2.41. The lowest BCUT2D eigenvalue weighted by Crippen LogP contribution is -2.36. The largest absolute Gasteiger partial charge is 0.449 e. The molecule has 2 N–H and O–H groups in total. The van der Waals surface area contributed by atoms with Gasteiger partial charge in [0.25, 0.3) is 5.91 Å². The topological polar surface area (TPSA) is 97.0 Å². The summed E-state index contributed by atoms with van der Waals surface area (Å²) in [6, 6.07) is 13.8. The third-order valence-corrected chi connectivity index (χ3v) is 4.58. The van der Waals surface area contributed by atoms with Gasteiger partial charge < -0.3 is 25.0 Å². The Morgan fingerprint density at radius 1 is 1.00 bits per heavy atom. The van der Waals surface area contributed by atoms with E-state index in [-0.39, 0.29) is 11.5 Å². The lowest BCUT2D eigenvalue weighted by molar-refractivity contribution is -0.123. The van der Waals surface area contributed by atoms with Crippen LogP contribution in [0.2, 0.25) is 0 Å². The zero-order chi connectivity index (χ0) is 21.5. The van der Waals surface area contributed by atoms with Crippen LogP contribution in [0.4, 0.5) is 17.1 Å². The van der Waals surface area contributed by atoms with Gasteiger partial charge >= 0.3 is 5.97 Å². The molecule has 1 heterocycles. The van der Waals surface area contributed by atoms with Crippen LogP contribution in [0.5, 0.6) is 0 Å². The molecule has 0 aliphatic carbocycles. The number of morpholine rings is 1. The Bertz CT molecular complexity index is 907. The van der Waals surface area contributed by atoms with E-state index in [2.05, 4.69) is 15.5 Å². The summed E-state index contributed by atoms with van der Waals surface area (Å²) in [5.74, 6) is -1.32. The standard InChI is InChI=1S/C22H25N3O5/c1-15(30-22(28)17-4-3-5-19(14-17)23-16(2)26)21(27)24-18-6-8-20(9-7-18)25-10-12-29-13-11-25/h3-9,14-15H,10-13H2,1-2H3,(H,23,26)(H,24,27)/t15-/m1/s1. The Hall–Kier alpha value is -3.39. The van der Waals surface area contributed by atoms with Crippen molar-refractivity contribution in [2.45, 2.75) is 20.0 Å². The third-order valence-electron chi connectivity index (χ3n) is 4.58. The first kappa shape index (κ1) is 21.3. The lowest BCUT2D eigenvalue weighted by Gasteiger charge is -2.28. The second-order valence-corrected chi connectivity index (χ2v) is 6.95. The highest BCUT2D eigenvalue weighted by Crippen LogP contribution is 2.19. The molecule has 30 heavy (non-hydrogen) atoms. The lowest BCUT2D eigenvalue weighted by atomic mass is 10.2. The van der Waals surface area contributed by atoms with Gasteiger partial charge in [-0.25, -0.2) is 4.79 Å². The van der Waals surface area contributed by atoms with Gasteiger partial charge in [-0.05, 0) is 49.4 Å². The minimum absolute atomic E-state index is 0.243. The Balaban J connectivity index is 1.55. The maximum absolute atomic E-state index is 12.4. The predicted molar refractivity (Wildman–Crippen MR) is 114 cm³/mol. The van der Waals surface area contributed by atoms with E-state index in [9.17, 15) is 14.4 Å². The number of carbonyl (C=O) groups excluding carboxylic acids is 3. The molecule has 1 aliphatic rings. The molecule has 1 fully saturated rings. The number of hydrogen-bond acceptors (Lipinski definition) is 6. The van der Waals surface area contributed by atoms with Crippen LogP contribution in [-0.2, 0) is 19.1 Å². The number of hydrogen-bond donors (Lipinski definition) is 2. The van der Waals surface area contributed by atoms with Crippen LogP contribution in [0.3, 0.4) is 0 Å². The van der Waals surface area contributed by atoms with E-state index in [1.54, 1.807) is 18.2 Å². The van der Waals surface area contributed by atoms with Gasteiger partial charge in [-0.3, -0.25) is 9.59 Å². The van der Waals surface area contributed by atoms with E-state index in [4.69, 9.17) is 9.47 Å². The molecule has 0 saturated carbocycles. The highest BCUT2D eigenvalue weighted by molar-refractivity contribution is 5.98. The second kappa shape index (κ2) is 9.89. The summed E-state index contributed by atoms with van der Waals surface area (Å²) in [6.45, 7) is 5.96. The summed E-state index contributed by atoms with van der Waals surface area (Å²) in [6.07, 6.45) is -0.985. The van der Waals surface area contributed by atoms with Crippen LogP contribution >= 0.6 is 0 Å². The molecule has 0 bridgehead atoms. The molecular weight excluding hydrogens is 386 g/mol.